The Bertz CT molecular complexity index is 768. The summed E-state index contributed by atoms with van der Waals surface area (Å²) in [4.78, 5) is 43.2. The molecule has 1 fully saturated rings. The van der Waals surface area contributed by atoms with Crippen LogP contribution in [0.3, 0.4) is 0 Å². The Kier molecular flexibility index (Phi) is 5.74. The van der Waals surface area contributed by atoms with E-state index in [1.807, 2.05) is 6.92 Å². The van der Waals surface area contributed by atoms with Crippen molar-refractivity contribution in [2.75, 3.05) is 26.7 Å². The molecule has 1 N–H and O–H groups in total. The summed E-state index contributed by atoms with van der Waals surface area (Å²) < 4.78 is 1.74. The molecule has 1 atom stereocenters. The molecular weight excluding hydrogens is 322 g/mol. The van der Waals surface area contributed by atoms with Gasteiger partial charge in [-0.3, -0.25) is 14.4 Å². The zero-order chi connectivity index (χ0) is 18.6. The Morgan fingerprint density at radius 2 is 2.08 bits per heavy atom. The highest BCUT2D eigenvalue weighted by molar-refractivity contribution is 5.93. The van der Waals surface area contributed by atoms with Crippen molar-refractivity contribution in [1.29, 1.82) is 0 Å². The fourth-order valence-electron chi connectivity index (χ4n) is 2.67. The van der Waals surface area contributed by atoms with Gasteiger partial charge in [-0.15, -0.1) is 0 Å². The van der Waals surface area contributed by atoms with Crippen LogP contribution in [0.5, 0.6) is 0 Å². The Labute approximate surface area is 146 Å². The molecule has 2 rings (SSSR count). The number of piperazine rings is 1. The number of amides is 3. The summed E-state index contributed by atoms with van der Waals surface area (Å²) in [6.07, 6.45) is 2.53. The molecule has 1 aliphatic rings. The lowest BCUT2D eigenvalue weighted by Gasteiger charge is -2.35. The van der Waals surface area contributed by atoms with Crippen LogP contribution in [0.1, 0.15) is 17.3 Å². The highest BCUT2D eigenvalue weighted by atomic mass is 16.2. The van der Waals surface area contributed by atoms with Crippen molar-refractivity contribution >= 4 is 17.7 Å². The lowest BCUT2D eigenvalue weighted by Crippen LogP contribution is -2.54. The van der Waals surface area contributed by atoms with Crippen LogP contribution in [-0.2, 0) is 16.6 Å². The van der Waals surface area contributed by atoms with Crippen LogP contribution in [0.15, 0.2) is 36.0 Å². The highest BCUT2D eigenvalue weighted by Gasteiger charge is 2.28. The zero-order valence-corrected chi connectivity index (χ0v) is 14.7. The van der Waals surface area contributed by atoms with E-state index in [0.29, 0.717) is 24.1 Å². The number of carbonyl (C=O) groups is 3. The van der Waals surface area contributed by atoms with Crippen LogP contribution in [-0.4, -0.2) is 64.9 Å². The van der Waals surface area contributed by atoms with Gasteiger partial charge in [0.2, 0.25) is 11.8 Å². The number of pyridine rings is 1. The van der Waals surface area contributed by atoms with Gasteiger partial charge in [0.15, 0.2) is 0 Å². The van der Waals surface area contributed by atoms with E-state index in [-0.39, 0.29) is 30.4 Å². The smallest absolute Gasteiger partial charge is 0.252 e. The van der Waals surface area contributed by atoms with Gasteiger partial charge < -0.3 is 19.7 Å². The van der Waals surface area contributed by atoms with Crippen molar-refractivity contribution in [1.82, 2.24) is 19.7 Å². The number of hydrogen-bond acceptors (Lipinski definition) is 4. The lowest BCUT2D eigenvalue weighted by molar-refractivity contribution is -0.144. The van der Waals surface area contributed by atoms with Crippen molar-refractivity contribution in [2.24, 2.45) is 12.0 Å². The molecule has 0 radical (unpaired) electrons. The van der Waals surface area contributed by atoms with Crippen LogP contribution in [0, 0.1) is 0 Å². The number of carbonyl (C=O) groups excluding carboxylic acids is 3. The first kappa shape index (κ1) is 18.4. The van der Waals surface area contributed by atoms with Crippen molar-refractivity contribution < 1.29 is 14.4 Å². The largest absolute Gasteiger partial charge is 0.355 e. The predicted octanol–water partition coefficient (Wildman–Crippen LogP) is -0.512. The summed E-state index contributed by atoms with van der Waals surface area (Å²) in [5.74, 6) is -0.565. The lowest BCUT2D eigenvalue weighted by atomic mass is 10.2. The second-order valence-corrected chi connectivity index (χ2v) is 5.78. The van der Waals surface area contributed by atoms with E-state index in [1.54, 1.807) is 41.9 Å². The molecule has 0 aromatic carbocycles. The third kappa shape index (κ3) is 4.14. The van der Waals surface area contributed by atoms with E-state index >= 15 is 0 Å². The van der Waals surface area contributed by atoms with E-state index in [0.717, 1.165) is 0 Å². The molecule has 3 amide bonds. The highest BCUT2D eigenvalue weighted by Crippen LogP contribution is 2.09. The molecule has 8 heteroatoms. The molecule has 0 bridgehead atoms. The minimum atomic E-state index is -0.370. The molecule has 8 nitrogen and oxygen atoms in total. The number of nitrogens with zero attached hydrogens (tertiary/aromatic N) is 4. The van der Waals surface area contributed by atoms with Gasteiger partial charge in [0.25, 0.3) is 5.91 Å². The minimum absolute atomic E-state index is 0.0342. The minimum Gasteiger partial charge on any atom is -0.355 e. The van der Waals surface area contributed by atoms with Gasteiger partial charge in [-0.25, -0.2) is 4.99 Å². The van der Waals surface area contributed by atoms with Gasteiger partial charge in [-0.05, 0) is 25.1 Å². The third-order valence-electron chi connectivity index (χ3n) is 4.11. The molecular formula is C17H23N5O3. The maximum atomic E-state index is 12.3. The fraction of sp³-hybridized carbons (Fsp3) is 0.412. The molecule has 1 aromatic heterocycles. The quantitative estimate of drug-likeness (QED) is 0.746. The second-order valence-electron chi connectivity index (χ2n) is 5.78. The normalized spacial score (nSPS) is 16.6. The Balaban J connectivity index is 2.16. The molecule has 134 valence electrons. The number of hydrogen-bond donors (Lipinski definition) is 1. The standard InChI is InChI=1S/C17H23N5O3/c1-5-15(23)21-8-9-22(16(24)11-21)12(2)19-14-7-6-13(10-20(14)4)17(25)18-3/h5-7,10,12H,1,8-9,11H2,2-4H3,(H,18,25). The topological polar surface area (TPSA) is 87.0 Å². The molecule has 25 heavy (non-hydrogen) atoms. The number of nitrogens with one attached hydrogen (secondary N) is 1. The van der Waals surface area contributed by atoms with Gasteiger partial charge >= 0.3 is 0 Å². The SMILES string of the molecule is C=CC(=O)N1CCN(C(C)N=c2ccc(C(=O)NC)cn2C)C(=O)C1. The van der Waals surface area contributed by atoms with E-state index in [1.165, 1.54) is 11.0 Å². The summed E-state index contributed by atoms with van der Waals surface area (Å²) in [5, 5.41) is 2.57. The van der Waals surface area contributed by atoms with Gasteiger partial charge in [-0.2, -0.15) is 0 Å². The molecule has 1 saturated heterocycles. The summed E-state index contributed by atoms with van der Waals surface area (Å²) in [6.45, 7) is 6.18. The molecule has 0 saturated carbocycles. The maximum Gasteiger partial charge on any atom is 0.252 e. The van der Waals surface area contributed by atoms with Gasteiger partial charge in [-0.1, -0.05) is 6.58 Å². The summed E-state index contributed by atoms with van der Waals surface area (Å²) in [5.41, 5.74) is 1.18. The fourth-order valence-corrected chi connectivity index (χ4v) is 2.67. The van der Waals surface area contributed by atoms with E-state index < -0.39 is 0 Å². The van der Waals surface area contributed by atoms with Gasteiger partial charge in [0, 0.05) is 33.4 Å². The average molecular weight is 345 g/mol. The van der Waals surface area contributed by atoms with E-state index in [9.17, 15) is 14.4 Å². The Morgan fingerprint density at radius 1 is 1.36 bits per heavy atom. The maximum absolute atomic E-state index is 12.3. The summed E-state index contributed by atoms with van der Waals surface area (Å²) in [7, 11) is 3.37. The Hall–Kier alpha value is -2.90. The zero-order valence-electron chi connectivity index (χ0n) is 14.7. The molecule has 2 heterocycles. The van der Waals surface area contributed by atoms with Crippen molar-refractivity contribution in [2.45, 2.75) is 13.1 Å². The second kappa shape index (κ2) is 7.78. The van der Waals surface area contributed by atoms with Crippen molar-refractivity contribution in [3.8, 4) is 0 Å². The number of rotatable bonds is 4. The van der Waals surface area contributed by atoms with Crippen LogP contribution in [0.25, 0.3) is 0 Å². The van der Waals surface area contributed by atoms with E-state index in [2.05, 4.69) is 16.9 Å². The summed E-state index contributed by atoms with van der Waals surface area (Å²) >= 11 is 0. The number of aryl methyl sites for hydroxylation is 1. The Morgan fingerprint density at radius 3 is 2.64 bits per heavy atom. The first-order chi connectivity index (χ1) is 11.9. The first-order valence-electron chi connectivity index (χ1n) is 8.00. The van der Waals surface area contributed by atoms with Crippen molar-refractivity contribution in [3.05, 3.63) is 42.0 Å². The van der Waals surface area contributed by atoms with Crippen LogP contribution in [0.4, 0.5) is 0 Å². The van der Waals surface area contributed by atoms with Crippen LogP contribution >= 0.6 is 0 Å². The first-order valence-corrected chi connectivity index (χ1v) is 8.00. The molecule has 1 aliphatic heterocycles. The van der Waals surface area contributed by atoms with Crippen molar-refractivity contribution in [3.63, 3.8) is 0 Å². The molecule has 0 spiro atoms. The van der Waals surface area contributed by atoms with Crippen LogP contribution < -0.4 is 10.8 Å². The summed E-state index contributed by atoms with van der Waals surface area (Å²) in [6, 6.07) is 3.43. The van der Waals surface area contributed by atoms with Gasteiger partial charge in [0.1, 0.15) is 18.2 Å². The molecule has 1 aromatic rings. The van der Waals surface area contributed by atoms with Gasteiger partial charge in [0.05, 0.1) is 5.56 Å². The van der Waals surface area contributed by atoms with Crippen LogP contribution in [0.2, 0.25) is 0 Å². The third-order valence-corrected chi connectivity index (χ3v) is 4.11. The average Bonchev–Trinajstić information content (AvgIpc) is 2.61. The molecule has 0 aliphatic carbocycles. The molecule has 1 unspecified atom stereocenters. The van der Waals surface area contributed by atoms with E-state index in [4.69, 9.17) is 0 Å². The monoisotopic (exact) mass is 345 g/mol. The number of aromatic nitrogens is 1. The predicted molar refractivity (Wildman–Crippen MR) is 92.3 cm³/mol.